The van der Waals surface area contributed by atoms with Crippen LogP contribution in [0.3, 0.4) is 0 Å². The number of aromatic nitrogens is 1. The first-order valence-electron chi connectivity index (χ1n) is 12.7. The van der Waals surface area contributed by atoms with Crippen molar-refractivity contribution in [2.75, 3.05) is 6.54 Å². The zero-order chi connectivity index (χ0) is 28.0. The van der Waals surface area contributed by atoms with Gasteiger partial charge in [-0.25, -0.2) is 4.79 Å². The predicted octanol–water partition coefficient (Wildman–Crippen LogP) is 0.00440. The van der Waals surface area contributed by atoms with Crippen molar-refractivity contribution in [3.63, 3.8) is 0 Å². The highest BCUT2D eigenvalue weighted by molar-refractivity contribution is 5.95. The fraction of sp³-hybridized carbons (Fsp3) is 0.500. The van der Waals surface area contributed by atoms with Crippen LogP contribution >= 0.6 is 0 Å². The number of carboxylic acids is 1. The molecule has 1 fully saturated rings. The smallest absolute Gasteiger partial charge is 0.326 e. The van der Waals surface area contributed by atoms with Gasteiger partial charge in [-0.15, -0.1) is 0 Å². The molecule has 0 bridgehead atoms. The van der Waals surface area contributed by atoms with Gasteiger partial charge in [-0.3, -0.25) is 19.2 Å². The highest BCUT2D eigenvalue weighted by atomic mass is 16.4. The van der Waals surface area contributed by atoms with Gasteiger partial charge in [0, 0.05) is 36.5 Å². The fourth-order valence-electron chi connectivity index (χ4n) is 4.59. The maximum atomic E-state index is 13.4. The maximum Gasteiger partial charge on any atom is 0.326 e. The summed E-state index contributed by atoms with van der Waals surface area (Å²) in [5, 5.41) is 15.6. The summed E-state index contributed by atoms with van der Waals surface area (Å²) in [6.45, 7) is 4.03. The van der Waals surface area contributed by atoms with Gasteiger partial charge in [-0.2, -0.15) is 0 Å². The van der Waals surface area contributed by atoms with Crippen LogP contribution in [0, 0.1) is 5.92 Å². The Morgan fingerprint density at radius 3 is 2.50 bits per heavy atom. The minimum Gasteiger partial charge on any atom is -0.480 e. The fourth-order valence-corrected chi connectivity index (χ4v) is 4.59. The number of hydrogen-bond acceptors (Lipinski definition) is 6. The molecule has 2 aromatic rings. The highest BCUT2D eigenvalue weighted by Gasteiger charge is 2.38. The van der Waals surface area contributed by atoms with Gasteiger partial charge in [0.2, 0.25) is 23.6 Å². The number of fused-ring (bicyclic) bond motifs is 1. The number of aliphatic carboxylic acids is 1. The third-order valence-corrected chi connectivity index (χ3v) is 6.87. The third-order valence-electron chi connectivity index (χ3n) is 6.87. The maximum absolute atomic E-state index is 13.4. The Kier molecular flexibility index (Phi) is 9.45. The first-order chi connectivity index (χ1) is 18.0. The second kappa shape index (κ2) is 12.5. The lowest BCUT2D eigenvalue weighted by atomic mass is 10.0. The van der Waals surface area contributed by atoms with Gasteiger partial charge in [0.25, 0.3) is 0 Å². The summed E-state index contributed by atoms with van der Waals surface area (Å²) < 4.78 is 0. The monoisotopic (exact) mass is 528 g/mol. The summed E-state index contributed by atoms with van der Waals surface area (Å²) in [6, 6.07) is 3.38. The van der Waals surface area contributed by atoms with Crippen molar-refractivity contribution in [3.05, 3.63) is 36.0 Å². The summed E-state index contributed by atoms with van der Waals surface area (Å²) in [6.07, 6.45) is 2.40. The molecular weight excluding hydrogens is 492 g/mol. The van der Waals surface area contributed by atoms with Gasteiger partial charge < -0.3 is 37.1 Å². The number of amides is 4. The molecule has 12 nitrogen and oxygen atoms in total. The van der Waals surface area contributed by atoms with E-state index >= 15 is 0 Å². The number of likely N-dealkylation sites (tertiary alicyclic amines) is 1. The quantitative estimate of drug-likeness (QED) is 0.222. The van der Waals surface area contributed by atoms with E-state index in [1.165, 1.54) is 4.90 Å². The topological polar surface area (TPSA) is 201 Å². The molecule has 8 N–H and O–H groups in total. The second-order valence-corrected chi connectivity index (χ2v) is 9.99. The van der Waals surface area contributed by atoms with Gasteiger partial charge in [0.05, 0.1) is 6.04 Å². The molecule has 1 aliphatic rings. The van der Waals surface area contributed by atoms with Gasteiger partial charge in [0.15, 0.2) is 0 Å². The van der Waals surface area contributed by atoms with E-state index in [2.05, 4.69) is 15.6 Å². The van der Waals surface area contributed by atoms with E-state index in [-0.39, 0.29) is 31.1 Å². The summed E-state index contributed by atoms with van der Waals surface area (Å²) >= 11 is 0. The number of nitrogens with one attached hydrogen (secondary N) is 3. The van der Waals surface area contributed by atoms with E-state index in [0.29, 0.717) is 19.4 Å². The lowest BCUT2D eigenvalue weighted by molar-refractivity contribution is -0.143. The highest BCUT2D eigenvalue weighted by Crippen LogP contribution is 2.22. The number of primary amides is 1. The molecule has 2 heterocycles. The SMILES string of the molecule is CC(C)C(N)C(=O)N1CCCC1C(=O)NC(Cc1c[nH]c2ccccc12)C(=O)NC(CCC(N)=O)C(=O)O. The Morgan fingerprint density at radius 1 is 1.13 bits per heavy atom. The Bertz CT molecular complexity index is 1190. The first-order valence-corrected chi connectivity index (χ1v) is 12.7. The molecule has 3 rings (SSSR count). The minimum atomic E-state index is -1.37. The van der Waals surface area contributed by atoms with E-state index in [0.717, 1.165) is 16.5 Å². The molecule has 1 aromatic carbocycles. The van der Waals surface area contributed by atoms with Crippen molar-refractivity contribution in [2.24, 2.45) is 17.4 Å². The number of H-pyrrole nitrogens is 1. The van der Waals surface area contributed by atoms with E-state index in [9.17, 15) is 29.1 Å². The lowest BCUT2D eigenvalue weighted by Gasteiger charge is -2.29. The lowest BCUT2D eigenvalue weighted by Crippen LogP contribution is -2.57. The number of nitrogens with two attached hydrogens (primary N) is 2. The van der Waals surface area contributed by atoms with Crippen LogP contribution in [0.15, 0.2) is 30.5 Å². The molecule has 1 saturated heterocycles. The van der Waals surface area contributed by atoms with Crippen LogP contribution in [-0.2, 0) is 30.4 Å². The molecule has 206 valence electrons. The number of carboxylic acid groups (broad SMARTS) is 1. The van der Waals surface area contributed by atoms with Crippen molar-refractivity contribution < 1.29 is 29.1 Å². The molecule has 0 radical (unpaired) electrons. The van der Waals surface area contributed by atoms with Crippen molar-refractivity contribution >= 4 is 40.5 Å². The molecule has 4 atom stereocenters. The summed E-state index contributed by atoms with van der Waals surface area (Å²) in [5.41, 5.74) is 12.8. The average Bonchev–Trinajstić information content (AvgIpc) is 3.52. The van der Waals surface area contributed by atoms with E-state index < -0.39 is 47.9 Å². The summed E-state index contributed by atoms with van der Waals surface area (Å²) in [5.74, 6) is -3.70. The molecule has 4 unspecified atom stereocenters. The van der Waals surface area contributed by atoms with Gasteiger partial charge in [0.1, 0.15) is 18.1 Å². The molecule has 1 aliphatic heterocycles. The standard InChI is InChI=1S/C26H36N6O6/c1-14(2)22(28)25(36)32-11-5-8-20(32)24(35)31-19(12-15-13-29-17-7-4-3-6-16(15)17)23(34)30-18(26(37)38)9-10-21(27)33/h3-4,6-7,13-14,18-20,22,29H,5,8-12,28H2,1-2H3,(H2,27,33)(H,30,34)(H,31,35)(H,37,38). The summed E-state index contributed by atoms with van der Waals surface area (Å²) in [4.78, 5) is 67.1. The predicted molar refractivity (Wildman–Crippen MR) is 139 cm³/mol. The number of hydrogen-bond donors (Lipinski definition) is 6. The van der Waals surface area contributed by atoms with Gasteiger partial charge in [-0.1, -0.05) is 32.0 Å². The second-order valence-electron chi connectivity index (χ2n) is 9.99. The average molecular weight is 529 g/mol. The van der Waals surface area contributed by atoms with E-state index in [1.807, 2.05) is 38.1 Å². The number of nitrogens with zero attached hydrogens (tertiary/aromatic N) is 1. The van der Waals surface area contributed by atoms with Crippen molar-refractivity contribution in [1.82, 2.24) is 20.5 Å². The Hall–Kier alpha value is -3.93. The van der Waals surface area contributed by atoms with Crippen LogP contribution in [0.5, 0.6) is 0 Å². The minimum absolute atomic E-state index is 0.0654. The number of benzene rings is 1. The van der Waals surface area contributed by atoms with Crippen LogP contribution < -0.4 is 22.1 Å². The summed E-state index contributed by atoms with van der Waals surface area (Å²) in [7, 11) is 0. The Morgan fingerprint density at radius 2 is 1.84 bits per heavy atom. The van der Waals surface area contributed by atoms with E-state index in [1.54, 1.807) is 6.20 Å². The number of carbonyl (C=O) groups is 5. The molecular formula is C26H36N6O6. The van der Waals surface area contributed by atoms with Crippen LogP contribution in [0.4, 0.5) is 0 Å². The van der Waals surface area contributed by atoms with Crippen molar-refractivity contribution in [3.8, 4) is 0 Å². The largest absolute Gasteiger partial charge is 0.480 e. The van der Waals surface area contributed by atoms with Crippen LogP contribution in [0.2, 0.25) is 0 Å². The molecule has 0 saturated carbocycles. The van der Waals surface area contributed by atoms with Crippen LogP contribution in [0.25, 0.3) is 10.9 Å². The number of rotatable bonds is 12. The van der Waals surface area contributed by atoms with Crippen LogP contribution in [-0.4, -0.2) is 75.3 Å². The zero-order valence-corrected chi connectivity index (χ0v) is 21.6. The van der Waals surface area contributed by atoms with E-state index in [4.69, 9.17) is 11.5 Å². The molecule has 1 aromatic heterocycles. The molecule has 0 aliphatic carbocycles. The number of carbonyl (C=O) groups excluding carboxylic acids is 4. The molecule has 0 spiro atoms. The zero-order valence-electron chi connectivity index (χ0n) is 21.6. The normalized spacial score (nSPS) is 17.7. The first kappa shape index (κ1) is 28.6. The molecule has 4 amide bonds. The Balaban J connectivity index is 1.83. The Labute approximate surface area is 220 Å². The van der Waals surface area contributed by atoms with Gasteiger partial charge >= 0.3 is 5.97 Å². The van der Waals surface area contributed by atoms with Crippen LogP contribution in [0.1, 0.15) is 45.1 Å². The molecule has 38 heavy (non-hydrogen) atoms. The van der Waals surface area contributed by atoms with Crippen molar-refractivity contribution in [1.29, 1.82) is 0 Å². The molecule has 12 heteroatoms. The van der Waals surface area contributed by atoms with Gasteiger partial charge in [-0.05, 0) is 36.8 Å². The number of para-hydroxylation sites is 1. The van der Waals surface area contributed by atoms with Crippen molar-refractivity contribution in [2.45, 2.75) is 70.1 Å². The third kappa shape index (κ3) is 6.88. The number of aromatic amines is 1.